The summed E-state index contributed by atoms with van der Waals surface area (Å²) in [6.45, 7) is 12.9. The van der Waals surface area contributed by atoms with Crippen molar-refractivity contribution in [3.05, 3.63) is 13.2 Å². The molecule has 0 rings (SSSR count). The van der Waals surface area contributed by atoms with Gasteiger partial charge < -0.3 is 50.2 Å². The molecule has 0 saturated carbocycles. The zero-order chi connectivity index (χ0) is 43.9. The first kappa shape index (κ1) is 62.5. The van der Waals surface area contributed by atoms with Crippen molar-refractivity contribution in [1.29, 1.82) is 0 Å². The molecular formula is C44H83BN5O9U-. The van der Waals surface area contributed by atoms with Crippen molar-refractivity contribution in [1.82, 2.24) is 26.5 Å². The second-order valence-corrected chi connectivity index (χ2v) is 14.8. The monoisotopic (exact) mass is 1070 g/mol. The van der Waals surface area contributed by atoms with Crippen LogP contribution in [-0.4, -0.2) is 122 Å². The summed E-state index contributed by atoms with van der Waals surface area (Å²) in [4.78, 5) is 58.6. The third-order valence-corrected chi connectivity index (χ3v) is 9.40. The fraction of sp³-hybridized carbons (Fsp3) is 0.841. The molecular weight excluding hydrogens is 991 g/mol. The van der Waals surface area contributed by atoms with Crippen molar-refractivity contribution in [3.8, 4) is 0 Å². The zero-order valence-electron chi connectivity index (χ0n) is 37.7. The van der Waals surface area contributed by atoms with Gasteiger partial charge in [-0.3, -0.25) is 19.2 Å². The average molecular weight is 1080 g/mol. The Labute approximate surface area is 389 Å². The van der Waals surface area contributed by atoms with E-state index in [0.717, 1.165) is 19.3 Å². The molecule has 0 aliphatic carbocycles. The fourth-order valence-electron chi connectivity index (χ4n) is 5.96. The van der Waals surface area contributed by atoms with Gasteiger partial charge in [-0.25, -0.2) is 6.29 Å². The number of amides is 4. The van der Waals surface area contributed by atoms with E-state index in [9.17, 15) is 24.0 Å². The normalized spacial score (nSPS) is 11.6. The number of ether oxygens (including phenoxy) is 4. The molecule has 1 unspecified atom stereocenters. The van der Waals surface area contributed by atoms with Crippen molar-refractivity contribution in [2.45, 2.75) is 167 Å². The topological polar surface area (TPSA) is 182 Å². The van der Waals surface area contributed by atoms with Crippen LogP contribution in [0, 0.1) is 31.1 Å². The van der Waals surface area contributed by atoms with Crippen LogP contribution in [0.15, 0.2) is 13.2 Å². The Balaban J connectivity index is -0.0000106. The van der Waals surface area contributed by atoms with E-state index < -0.39 is 6.04 Å². The molecule has 5 N–H and O–H groups in total. The summed E-state index contributed by atoms with van der Waals surface area (Å²) in [6.07, 6.45) is 26.2. The van der Waals surface area contributed by atoms with Crippen LogP contribution in [0.25, 0.3) is 0 Å². The van der Waals surface area contributed by atoms with E-state index in [4.69, 9.17) is 26.9 Å². The van der Waals surface area contributed by atoms with Crippen molar-refractivity contribution >= 4 is 37.9 Å². The molecule has 0 spiro atoms. The fourth-order valence-corrected chi connectivity index (χ4v) is 5.96. The maximum atomic E-state index is 12.3. The SMILES string of the molecule is C=C.[B]NC([C-]=O)CCCCNC(=O)COCCOCCNC(=O)COCCOCCNC(=O)CC[C@@H](C)NC(=O)CCCCCCCCCCCCCCCCCC.[U]. The second kappa shape index (κ2) is 51.6. The summed E-state index contributed by atoms with van der Waals surface area (Å²) in [5.74, 6) is -0.530. The van der Waals surface area contributed by atoms with Gasteiger partial charge in [-0.1, -0.05) is 116 Å². The smallest absolute Gasteiger partial charge is 0.246 e. The minimum Gasteiger partial charge on any atom is -0.540 e. The maximum Gasteiger partial charge on any atom is 0.246 e. The summed E-state index contributed by atoms with van der Waals surface area (Å²) < 4.78 is 21.4. The Kier molecular flexibility index (Phi) is 53.7. The van der Waals surface area contributed by atoms with Gasteiger partial charge in [0.15, 0.2) is 7.98 Å². The quantitative estimate of drug-likeness (QED) is 0.0228. The molecule has 60 heavy (non-hydrogen) atoms. The summed E-state index contributed by atoms with van der Waals surface area (Å²) in [5.41, 5.74) is 0. The van der Waals surface area contributed by atoms with Gasteiger partial charge in [-0.15, -0.1) is 19.2 Å². The van der Waals surface area contributed by atoms with E-state index in [1.54, 1.807) is 6.29 Å². The molecule has 4 amide bonds. The Morgan fingerprint density at radius 1 is 0.533 bits per heavy atom. The zero-order valence-corrected chi connectivity index (χ0v) is 41.8. The molecule has 0 fully saturated rings. The number of unbranched alkanes of at least 4 members (excludes halogenated alkanes) is 16. The van der Waals surface area contributed by atoms with Crippen molar-refractivity contribution in [2.24, 2.45) is 0 Å². The van der Waals surface area contributed by atoms with Crippen LogP contribution in [0.1, 0.15) is 155 Å². The average Bonchev–Trinajstić information content (AvgIpc) is 3.23. The van der Waals surface area contributed by atoms with Gasteiger partial charge in [-0.2, -0.15) is 0 Å². The minimum absolute atomic E-state index is 0. The molecule has 0 heterocycles. The first-order valence-corrected chi connectivity index (χ1v) is 22.6. The molecule has 0 aliphatic heterocycles. The van der Waals surface area contributed by atoms with Crippen molar-refractivity contribution in [2.75, 3.05) is 72.5 Å². The predicted molar refractivity (Wildman–Crippen MR) is 237 cm³/mol. The van der Waals surface area contributed by atoms with E-state index in [0.29, 0.717) is 71.6 Å². The molecule has 0 aromatic carbocycles. The summed E-state index contributed by atoms with van der Waals surface area (Å²) in [6, 6.07) is -0.547. The van der Waals surface area contributed by atoms with Gasteiger partial charge in [0.1, 0.15) is 13.2 Å². The Morgan fingerprint density at radius 3 is 1.43 bits per heavy atom. The number of hydrogen-bond donors (Lipinski definition) is 5. The first-order chi connectivity index (χ1) is 28.8. The second-order valence-electron chi connectivity index (χ2n) is 14.8. The molecule has 0 bridgehead atoms. The molecule has 2 radical (unpaired) electrons. The van der Waals surface area contributed by atoms with Gasteiger partial charge in [-0.05, 0) is 26.2 Å². The predicted octanol–water partition coefficient (Wildman–Crippen LogP) is 5.46. The molecule has 14 nitrogen and oxygen atoms in total. The standard InChI is InChI=1S/C42H79BN5O9.C2H4.U/c1-3-4-5-6-7-8-9-10-11-12-13-14-15-16-17-18-22-40(51)47-37(2)23-24-39(50)45-26-28-54-30-33-57-36-42(53)46-27-29-55-31-32-56-35-41(52)44-25-20-19-21-38(34-49)48-43;1-2;/h37-38,48H,3-33,35-36H2,1-2H3,(H,44,52)(H,45,50)(H,46,53)(H,47,51);1-2H2;/q-1;;/t37-,38?;;/m1../s1. The molecule has 0 aliphatic rings. The van der Waals surface area contributed by atoms with E-state index in [2.05, 4.69) is 46.6 Å². The molecule has 0 aromatic rings. The summed E-state index contributed by atoms with van der Waals surface area (Å²) in [5, 5.41) is 13.6. The van der Waals surface area contributed by atoms with Crippen LogP contribution >= 0.6 is 0 Å². The van der Waals surface area contributed by atoms with Crippen LogP contribution < -0.4 is 26.5 Å². The number of hydrogen-bond acceptors (Lipinski definition) is 10. The first-order valence-electron chi connectivity index (χ1n) is 22.6. The van der Waals surface area contributed by atoms with Gasteiger partial charge >= 0.3 is 0 Å². The number of carbonyl (C=O) groups excluding carboxylic acids is 5. The van der Waals surface area contributed by atoms with Crippen LogP contribution in [0.5, 0.6) is 0 Å². The van der Waals surface area contributed by atoms with Crippen molar-refractivity contribution in [3.63, 3.8) is 0 Å². The molecule has 346 valence electrons. The number of carbonyl (C=O) groups is 4. The summed E-state index contributed by atoms with van der Waals surface area (Å²) in [7, 11) is 5.20. The minimum atomic E-state index is -0.492. The van der Waals surface area contributed by atoms with Crippen LogP contribution in [0.3, 0.4) is 0 Å². The molecule has 0 aromatic heterocycles. The van der Waals surface area contributed by atoms with Gasteiger partial charge in [0.2, 0.25) is 23.6 Å². The Bertz CT molecular complexity index is 1010. The molecule has 2 atom stereocenters. The number of nitrogens with one attached hydrogen (secondary N) is 5. The van der Waals surface area contributed by atoms with Gasteiger partial charge in [0.25, 0.3) is 0 Å². The number of rotatable bonds is 44. The summed E-state index contributed by atoms with van der Waals surface area (Å²) >= 11 is 0. The Morgan fingerprint density at radius 2 is 0.967 bits per heavy atom. The van der Waals surface area contributed by atoms with Crippen molar-refractivity contribution < 1.29 is 74.0 Å². The van der Waals surface area contributed by atoms with Crippen LogP contribution in [0.4, 0.5) is 0 Å². The van der Waals surface area contributed by atoms with E-state index in [1.165, 1.54) is 89.9 Å². The maximum absolute atomic E-state index is 12.3. The van der Waals surface area contributed by atoms with Crippen LogP contribution in [0.2, 0.25) is 0 Å². The van der Waals surface area contributed by atoms with E-state index in [1.807, 2.05) is 6.92 Å². The van der Waals surface area contributed by atoms with E-state index in [-0.39, 0.29) is 93.8 Å². The van der Waals surface area contributed by atoms with Gasteiger partial charge in [0, 0.05) is 69.6 Å². The third kappa shape index (κ3) is 48.9. The van der Waals surface area contributed by atoms with E-state index >= 15 is 0 Å². The third-order valence-electron chi connectivity index (χ3n) is 9.40. The van der Waals surface area contributed by atoms with Gasteiger partial charge in [0.05, 0.1) is 39.6 Å². The van der Waals surface area contributed by atoms with Crippen LogP contribution in [-0.2, 0) is 42.9 Å². The largest absolute Gasteiger partial charge is 0.540 e. The Hall–Kier alpha value is -1.79. The molecule has 16 heteroatoms. The molecule has 0 saturated heterocycles.